The lowest BCUT2D eigenvalue weighted by molar-refractivity contribution is -0.132. The molecular weight excluding hydrogens is 459 g/mol. The van der Waals surface area contributed by atoms with Gasteiger partial charge in [0.15, 0.2) is 0 Å². The van der Waals surface area contributed by atoms with Crippen molar-refractivity contribution in [1.82, 2.24) is 9.21 Å². The first kappa shape index (κ1) is 25.1. The van der Waals surface area contributed by atoms with E-state index in [1.54, 1.807) is 58.7 Å². The van der Waals surface area contributed by atoms with Crippen LogP contribution in [0.25, 0.3) is 0 Å². The minimum absolute atomic E-state index is 0.174. The molecule has 33 heavy (non-hydrogen) atoms. The van der Waals surface area contributed by atoms with Gasteiger partial charge in [0.2, 0.25) is 15.9 Å². The van der Waals surface area contributed by atoms with Crippen molar-refractivity contribution in [2.24, 2.45) is 0 Å². The first-order valence-corrected chi connectivity index (χ1v) is 13.2. The lowest BCUT2D eigenvalue weighted by Crippen LogP contribution is -2.42. The fraction of sp³-hybridized carbons (Fsp3) is 0.320. The third kappa shape index (κ3) is 6.96. The maximum Gasteiger partial charge on any atom is 0.243 e. The van der Waals surface area contributed by atoms with Gasteiger partial charge in [0.25, 0.3) is 0 Å². The van der Waals surface area contributed by atoms with E-state index in [2.05, 4.69) is 0 Å². The molecule has 176 valence electrons. The van der Waals surface area contributed by atoms with Crippen molar-refractivity contribution in [3.05, 3.63) is 87.9 Å². The molecule has 3 aromatic rings. The second kappa shape index (κ2) is 11.5. The molecule has 0 aliphatic rings. The van der Waals surface area contributed by atoms with Gasteiger partial charge in [0.1, 0.15) is 5.82 Å². The average Bonchev–Trinajstić information content (AvgIpc) is 3.22. The van der Waals surface area contributed by atoms with E-state index in [-0.39, 0.29) is 36.3 Å². The van der Waals surface area contributed by atoms with E-state index in [0.29, 0.717) is 13.0 Å². The monoisotopic (exact) mass is 488 g/mol. The molecule has 0 N–H and O–H groups in total. The van der Waals surface area contributed by atoms with Crippen LogP contribution in [0.5, 0.6) is 0 Å². The Labute approximate surface area is 199 Å². The molecule has 5 nitrogen and oxygen atoms in total. The summed E-state index contributed by atoms with van der Waals surface area (Å²) in [6.45, 7) is 4.63. The van der Waals surface area contributed by atoms with Gasteiger partial charge in [-0.1, -0.05) is 43.7 Å². The number of carbonyl (C=O) groups is 1. The fourth-order valence-electron chi connectivity index (χ4n) is 3.41. The molecule has 2 aromatic carbocycles. The number of unbranched alkanes of at least 4 members (excludes halogenated alkanes) is 1. The van der Waals surface area contributed by atoms with Crippen LogP contribution < -0.4 is 0 Å². The summed E-state index contributed by atoms with van der Waals surface area (Å²) in [6.07, 6.45) is 1.46. The van der Waals surface area contributed by atoms with E-state index in [1.165, 1.54) is 16.4 Å². The van der Waals surface area contributed by atoms with Gasteiger partial charge in [-0.2, -0.15) is 4.31 Å². The van der Waals surface area contributed by atoms with Gasteiger partial charge in [0.05, 0.1) is 18.0 Å². The maximum atomic E-state index is 13.4. The molecule has 3 rings (SSSR count). The third-order valence-electron chi connectivity index (χ3n) is 5.24. The Morgan fingerprint density at radius 1 is 0.970 bits per heavy atom. The molecule has 0 spiro atoms. The highest BCUT2D eigenvalue weighted by atomic mass is 32.2. The normalized spacial score (nSPS) is 11.6. The van der Waals surface area contributed by atoms with Crippen LogP contribution in [0, 0.1) is 12.7 Å². The Hall–Kier alpha value is -2.55. The Morgan fingerprint density at radius 2 is 1.67 bits per heavy atom. The summed E-state index contributed by atoms with van der Waals surface area (Å²) in [5.74, 6) is -0.633. The molecular formula is C25H29FN2O3S2. The van der Waals surface area contributed by atoms with Crippen molar-refractivity contribution in [3.8, 4) is 0 Å². The zero-order valence-corrected chi connectivity index (χ0v) is 20.5. The van der Waals surface area contributed by atoms with Crippen molar-refractivity contribution in [1.29, 1.82) is 0 Å². The predicted octanol–water partition coefficient (Wildman–Crippen LogP) is 5.22. The van der Waals surface area contributed by atoms with Crippen LogP contribution in [0.3, 0.4) is 0 Å². The van der Waals surface area contributed by atoms with E-state index in [1.807, 2.05) is 26.0 Å². The summed E-state index contributed by atoms with van der Waals surface area (Å²) in [5.41, 5.74) is 0.782. The van der Waals surface area contributed by atoms with Crippen LogP contribution in [0.2, 0.25) is 0 Å². The summed E-state index contributed by atoms with van der Waals surface area (Å²) in [4.78, 5) is 17.4. The molecule has 8 heteroatoms. The number of benzene rings is 2. The smallest absolute Gasteiger partial charge is 0.243 e. The van der Waals surface area contributed by atoms with Gasteiger partial charge in [-0.3, -0.25) is 4.79 Å². The lowest BCUT2D eigenvalue weighted by Gasteiger charge is -2.27. The van der Waals surface area contributed by atoms with Crippen molar-refractivity contribution in [2.75, 3.05) is 13.1 Å². The molecule has 0 aliphatic carbocycles. The number of rotatable bonds is 11. The number of carbonyl (C=O) groups excluding carboxylic acids is 1. The second-order valence-corrected chi connectivity index (χ2v) is 11.2. The zero-order chi connectivity index (χ0) is 23.8. The quantitative estimate of drug-likeness (QED) is 0.372. The first-order chi connectivity index (χ1) is 15.8. The number of amides is 1. The second-order valence-electron chi connectivity index (χ2n) is 7.89. The Kier molecular flexibility index (Phi) is 8.77. The largest absolute Gasteiger partial charge is 0.332 e. The molecule has 0 atom stereocenters. The summed E-state index contributed by atoms with van der Waals surface area (Å²) in [7, 11) is -3.81. The number of thiophene rings is 1. The minimum Gasteiger partial charge on any atom is -0.332 e. The van der Waals surface area contributed by atoms with E-state index in [0.717, 1.165) is 21.7 Å². The molecule has 0 aliphatic heterocycles. The van der Waals surface area contributed by atoms with Gasteiger partial charge < -0.3 is 4.90 Å². The lowest BCUT2D eigenvalue weighted by atomic mass is 10.2. The van der Waals surface area contributed by atoms with Crippen LogP contribution in [0.4, 0.5) is 4.39 Å². The Morgan fingerprint density at radius 3 is 2.27 bits per heavy atom. The summed E-state index contributed by atoms with van der Waals surface area (Å²) < 4.78 is 41.2. The molecule has 1 heterocycles. The molecule has 0 saturated carbocycles. The maximum absolute atomic E-state index is 13.4. The predicted molar refractivity (Wildman–Crippen MR) is 130 cm³/mol. The number of nitrogens with zero attached hydrogens (tertiary/aromatic N) is 2. The first-order valence-electron chi connectivity index (χ1n) is 10.9. The van der Waals surface area contributed by atoms with Crippen LogP contribution in [-0.2, 0) is 27.9 Å². The van der Waals surface area contributed by atoms with Crippen LogP contribution in [0.1, 0.15) is 35.1 Å². The van der Waals surface area contributed by atoms with Gasteiger partial charge in [-0.05, 0) is 55.3 Å². The fourth-order valence-corrected chi connectivity index (χ4v) is 5.77. The minimum atomic E-state index is -3.81. The standard InChI is InChI=1S/C25H29FN2O3S2/c1-3-4-16-28(33(30,31)24-8-6-5-7-9-24)19-25(29)27(18-23-15-10-20(2)32-23)17-21-11-13-22(26)14-12-21/h5-15H,3-4,16-19H2,1-2H3. The van der Waals surface area contributed by atoms with Gasteiger partial charge in [-0.15, -0.1) is 11.3 Å². The molecule has 0 fully saturated rings. The van der Waals surface area contributed by atoms with Gasteiger partial charge >= 0.3 is 0 Å². The SMILES string of the molecule is CCCCN(CC(=O)N(Cc1ccc(F)cc1)Cc1ccc(C)s1)S(=O)(=O)c1ccccc1. The van der Waals surface area contributed by atoms with Crippen LogP contribution >= 0.6 is 11.3 Å². The highest BCUT2D eigenvalue weighted by Crippen LogP contribution is 2.21. The van der Waals surface area contributed by atoms with E-state index < -0.39 is 10.0 Å². The third-order valence-corrected chi connectivity index (χ3v) is 8.08. The average molecular weight is 489 g/mol. The van der Waals surface area contributed by atoms with E-state index in [9.17, 15) is 17.6 Å². The molecule has 0 radical (unpaired) electrons. The Balaban J connectivity index is 1.85. The van der Waals surface area contributed by atoms with Gasteiger partial charge in [-0.25, -0.2) is 12.8 Å². The molecule has 0 bridgehead atoms. The Bertz CT molecular complexity index is 1150. The molecule has 0 unspecified atom stereocenters. The van der Waals surface area contributed by atoms with Crippen LogP contribution in [-0.4, -0.2) is 36.6 Å². The van der Waals surface area contributed by atoms with Crippen molar-refractivity contribution >= 4 is 27.3 Å². The number of hydrogen-bond donors (Lipinski definition) is 0. The molecule has 1 aromatic heterocycles. The molecule has 1 amide bonds. The van der Waals surface area contributed by atoms with Crippen molar-refractivity contribution in [3.63, 3.8) is 0 Å². The van der Waals surface area contributed by atoms with Crippen molar-refractivity contribution < 1.29 is 17.6 Å². The highest BCUT2D eigenvalue weighted by molar-refractivity contribution is 7.89. The number of sulfonamides is 1. The van der Waals surface area contributed by atoms with E-state index >= 15 is 0 Å². The van der Waals surface area contributed by atoms with Crippen molar-refractivity contribution in [2.45, 2.75) is 44.7 Å². The summed E-state index contributed by atoms with van der Waals surface area (Å²) >= 11 is 1.60. The number of halogens is 1. The topological polar surface area (TPSA) is 57.7 Å². The summed E-state index contributed by atoms with van der Waals surface area (Å²) in [6, 6.07) is 18.2. The molecule has 0 saturated heterocycles. The highest BCUT2D eigenvalue weighted by Gasteiger charge is 2.28. The van der Waals surface area contributed by atoms with Crippen LogP contribution in [0.15, 0.2) is 71.6 Å². The zero-order valence-electron chi connectivity index (χ0n) is 18.9. The number of hydrogen-bond acceptors (Lipinski definition) is 4. The summed E-state index contributed by atoms with van der Waals surface area (Å²) in [5, 5.41) is 0. The van der Waals surface area contributed by atoms with Gasteiger partial charge in [0, 0.05) is 22.8 Å². The number of aryl methyl sites for hydroxylation is 1. The van der Waals surface area contributed by atoms with E-state index in [4.69, 9.17) is 0 Å².